The van der Waals surface area contributed by atoms with Crippen LogP contribution in [0.2, 0.25) is 0 Å². The number of anilines is 3. The molecule has 0 unspecified atom stereocenters. The first-order valence-corrected chi connectivity index (χ1v) is 19.1. The third-order valence-corrected chi connectivity index (χ3v) is 10.7. The molecule has 56 heavy (non-hydrogen) atoms. The molecule has 0 atom stereocenters. The van der Waals surface area contributed by atoms with E-state index in [9.17, 15) is 0 Å². The molecule has 0 saturated carbocycles. The van der Waals surface area contributed by atoms with Gasteiger partial charge in [0.1, 0.15) is 11.2 Å². The van der Waals surface area contributed by atoms with Gasteiger partial charge in [-0.05, 0) is 98.6 Å². The van der Waals surface area contributed by atoms with E-state index in [4.69, 9.17) is 4.42 Å². The van der Waals surface area contributed by atoms with Crippen LogP contribution in [0, 0.1) is 0 Å². The molecule has 2 heteroatoms. The second-order valence-electron chi connectivity index (χ2n) is 14.1. The van der Waals surface area contributed by atoms with Gasteiger partial charge in [0.05, 0.1) is 0 Å². The molecule has 0 amide bonds. The Hall–Kier alpha value is -7.42. The fourth-order valence-corrected chi connectivity index (χ4v) is 8.03. The van der Waals surface area contributed by atoms with Crippen LogP contribution in [0.25, 0.3) is 77.6 Å². The van der Waals surface area contributed by atoms with Gasteiger partial charge in [-0.15, -0.1) is 0 Å². The fourth-order valence-electron chi connectivity index (χ4n) is 8.03. The van der Waals surface area contributed by atoms with E-state index in [1.807, 2.05) is 6.07 Å². The lowest BCUT2D eigenvalue weighted by molar-refractivity contribution is 0.669. The third-order valence-electron chi connectivity index (χ3n) is 10.7. The quantitative estimate of drug-likeness (QED) is 0.156. The summed E-state index contributed by atoms with van der Waals surface area (Å²) in [5, 5.41) is 2.23. The van der Waals surface area contributed by atoms with Crippen LogP contribution in [-0.2, 0) is 0 Å². The molecular formula is C54H37NO. The Kier molecular flexibility index (Phi) is 8.55. The predicted molar refractivity (Wildman–Crippen MR) is 236 cm³/mol. The number of furan rings is 1. The minimum absolute atomic E-state index is 0.877. The second-order valence-corrected chi connectivity index (χ2v) is 14.1. The fraction of sp³-hybridized carbons (Fsp3) is 0. The van der Waals surface area contributed by atoms with Crippen molar-refractivity contribution in [3.05, 3.63) is 224 Å². The number of para-hydroxylation sites is 1. The van der Waals surface area contributed by atoms with Crippen molar-refractivity contribution >= 4 is 39.0 Å². The molecule has 0 saturated heterocycles. The summed E-state index contributed by atoms with van der Waals surface area (Å²) in [6, 6.07) is 80.0. The maximum atomic E-state index is 6.50. The Labute approximate surface area is 327 Å². The maximum absolute atomic E-state index is 6.50. The molecule has 10 rings (SSSR count). The molecule has 9 aromatic carbocycles. The van der Waals surface area contributed by atoms with Crippen LogP contribution < -0.4 is 4.90 Å². The number of hydrogen-bond donors (Lipinski definition) is 0. The minimum atomic E-state index is 0.877. The van der Waals surface area contributed by atoms with Crippen molar-refractivity contribution < 1.29 is 4.42 Å². The Morgan fingerprint density at radius 3 is 1.41 bits per heavy atom. The molecule has 0 fully saturated rings. The van der Waals surface area contributed by atoms with Crippen LogP contribution in [-0.4, -0.2) is 0 Å². The zero-order valence-corrected chi connectivity index (χ0v) is 30.7. The topological polar surface area (TPSA) is 16.4 Å². The average Bonchev–Trinajstić information content (AvgIpc) is 3.67. The third kappa shape index (κ3) is 6.14. The Bertz CT molecular complexity index is 2850. The molecule has 0 spiro atoms. The first kappa shape index (κ1) is 33.2. The van der Waals surface area contributed by atoms with E-state index in [1.165, 1.54) is 38.9 Å². The van der Waals surface area contributed by atoms with Gasteiger partial charge in [0.15, 0.2) is 0 Å². The molecular weight excluding hydrogens is 679 g/mol. The minimum Gasteiger partial charge on any atom is -0.456 e. The summed E-state index contributed by atoms with van der Waals surface area (Å²) in [5.41, 5.74) is 16.7. The highest BCUT2D eigenvalue weighted by molar-refractivity contribution is 6.17. The van der Waals surface area contributed by atoms with Gasteiger partial charge in [0.25, 0.3) is 0 Å². The van der Waals surface area contributed by atoms with E-state index in [2.05, 4.69) is 223 Å². The van der Waals surface area contributed by atoms with Gasteiger partial charge in [-0.25, -0.2) is 0 Å². The van der Waals surface area contributed by atoms with E-state index in [1.54, 1.807) is 0 Å². The van der Waals surface area contributed by atoms with E-state index in [-0.39, 0.29) is 0 Å². The largest absolute Gasteiger partial charge is 0.456 e. The molecule has 2 nitrogen and oxygen atoms in total. The average molecular weight is 716 g/mol. The molecule has 1 aromatic heterocycles. The highest BCUT2D eigenvalue weighted by Crippen LogP contribution is 2.47. The van der Waals surface area contributed by atoms with Crippen molar-refractivity contribution in [2.75, 3.05) is 4.90 Å². The van der Waals surface area contributed by atoms with E-state index in [0.717, 1.165) is 55.7 Å². The summed E-state index contributed by atoms with van der Waals surface area (Å²) in [6.07, 6.45) is 0. The molecule has 0 bridgehead atoms. The molecule has 0 aliphatic rings. The summed E-state index contributed by atoms with van der Waals surface area (Å²) in [7, 11) is 0. The second kappa shape index (κ2) is 14.4. The Morgan fingerprint density at radius 2 is 0.786 bits per heavy atom. The van der Waals surface area contributed by atoms with Gasteiger partial charge >= 0.3 is 0 Å². The molecule has 0 radical (unpaired) electrons. The van der Waals surface area contributed by atoms with E-state index < -0.39 is 0 Å². The van der Waals surface area contributed by atoms with Crippen molar-refractivity contribution in [3.63, 3.8) is 0 Å². The van der Waals surface area contributed by atoms with Crippen LogP contribution in [0.3, 0.4) is 0 Å². The first-order valence-electron chi connectivity index (χ1n) is 19.1. The van der Waals surface area contributed by atoms with Crippen LogP contribution in [0.5, 0.6) is 0 Å². The molecule has 264 valence electrons. The summed E-state index contributed by atoms with van der Waals surface area (Å²) >= 11 is 0. The summed E-state index contributed by atoms with van der Waals surface area (Å²) in [6.45, 7) is 0. The standard InChI is InChI=1S/C54H37NO/c1-4-15-38(16-5-1)40-27-31-44(32-28-40)55(45-33-29-41(30-34-45)39-17-6-2-7-18-39)46-22-14-21-43(37-46)48-35-36-52-54(50-25-12-13-26-51(50)56-52)53(48)49-24-11-10-23-47(49)42-19-8-3-9-20-42/h1-37H. The first-order chi connectivity index (χ1) is 27.8. The molecule has 10 aromatic rings. The van der Waals surface area contributed by atoms with Crippen molar-refractivity contribution in [2.24, 2.45) is 0 Å². The zero-order chi connectivity index (χ0) is 37.3. The smallest absolute Gasteiger partial charge is 0.136 e. The van der Waals surface area contributed by atoms with Gasteiger partial charge in [-0.2, -0.15) is 0 Å². The van der Waals surface area contributed by atoms with Crippen molar-refractivity contribution in [3.8, 4) is 55.6 Å². The Balaban J connectivity index is 1.16. The van der Waals surface area contributed by atoms with Crippen molar-refractivity contribution in [2.45, 2.75) is 0 Å². The van der Waals surface area contributed by atoms with Crippen LogP contribution in [0.4, 0.5) is 17.1 Å². The van der Waals surface area contributed by atoms with Crippen LogP contribution >= 0.6 is 0 Å². The van der Waals surface area contributed by atoms with Crippen LogP contribution in [0.15, 0.2) is 229 Å². The number of hydrogen-bond acceptors (Lipinski definition) is 2. The van der Waals surface area contributed by atoms with Gasteiger partial charge in [0, 0.05) is 33.4 Å². The van der Waals surface area contributed by atoms with Gasteiger partial charge in [-0.3, -0.25) is 0 Å². The van der Waals surface area contributed by atoms with E-state index >= 15 is 0 Å². The normalized spacial score (nSPS) is 11.2. The lowest BCUT2D eigenvalue weighted by Gasteiger charge is -2.27. The van der Waals surface area contributed by atoms with Gasteiger partial charge in [0.2, 0.25) is 0 Å². The lowest BCUT2D eigenvalue weighted by atomic mass is 9.86. The summed E-state index contributed by atoms with van der Waals surface area (Å²) in [4.78, 5) is 2.36. The van der Waals surface area contributed by atoms with Gasteiger partial charge < -0.3 is 9.32 Å². The highest BCUT2D eigenvalue weighted by atomic mass is 16.3. The monoisotopic (exact) mass is 715 g/mol. The Morgan fingerprint density at radius 1 is 0.286 bits per heavy atom. The number of nitrogens with zero attached hydrogens (tertiary/aromatic N) is 1. The van der Waals surface area contributed by atoms with Crippen molar-refractivity contribution in [1.82, 2.24) is 0 Å². The molecule has 0 N–H and O–H groups in total. The zero-order valence-electron chi connectivity index (χ0n) is 30.7. The predicted octanol–water partition coefficient (Wildman–Crippen LogP) is 15.4. The van der Waals surface area contributed by atoms with Crippen molar-refractivity contribution in [1.29, 1.82) is 0 Å². The summed E-state index contributed by atoms with van der Waals surface area (Å²) in [5.74, 6) is 0. The number of rotatable bonds is 8. The van der Waals surface area contributed by atoms with Crippen LogP contribution in [0.1, 0.15) is 0 Å². The number of fused-ring (bicyclic) bond motifs is 3. The van der Waals surface area contributed by atoms with Gasteiger partial charge in [-0.1, -0.05) is 176 Å². The highest BCUT2D eigenvalue weighted by Gasteiger charge is 2.21. The maximum Gasteiger partial charge on any atom is 0.136 e. The molecule has 0 aliphatic heterocycles. The SMILES string of the molecule is c1ccc(-c2ccc(N(c3ccc(-c4ccccc4)cc3)c3cccc(-c4ccc5oc6ccccc6c5c4-c4ccccc4-c4ccccc4)c3)cc2)cc1. The summed E-state index contributed by atoms with van der Waals surface area (Å²) < 4.78 is 6.50. The van der Waals surface area contributed by atoms with E-state index in [0.29, 0.717) is 0 Å². The molecule has 1 heterocycles. The molecule has 0 aliphatic carbocycles. The lowest BCUT2D eigenvalue weighted by Crippen LogP contribution is -2.10. The number of benzene rings is 9.